The maximum absolute atomic E-state index is 13.2. The summed E-state index contributed by atoms with van der Waals surface area (Å²) in [7, 11) is 1.65. The van der Waals surface area contributed by atoms with Crippen LogP contribution in [-0.4, -0.2) is 53.3 Å². The molecule has 35 heavy (non-hydrogen) atoms. The summed E-state index contributed by atoms with van der Waals surface area (Å²) in [4.78, 5) is 27.9. The third kappa shape index (κ3) is 7.92. The number of methoxy groups -OCH3 is 1. The van der Waals surface area contributed by atoms with Gasteiger partial charge in [0.2, 0.25) is 11.8 Å². The molecule has 192 valence electrons. The lowest BCUT2D eigenvalue weighted by atomic mass is 9.92. The third-order valence-electron chi connectivity index (χ3n) is 6.70. The second-order valence-electron chi connectivity index (χ2n) is 10.8. The van der Waals surface area contributed by atoms with Crippen molar-refractivity contribution in [1.82, 2.24) is 14.7 Å². The second kappa shape index (κ2) is 12.3. The molecular formula is C28H42N4O3. The Morgan fingerprint density at radius 3 is 2.60 bits per heavy atom. The van der Waals surface area contributed by atoms with Gasteiger partial charge in [0.15, 0.2) is 0 Å². The van der Waals surface area contributed by atoms with Gasteiger partial charge >= 0.3 is 0 Å². The highest BCUT2D eigenvalue weighted by molar-refractivity contribution is 5.94. The van der Waals surface area contributed by atoms with Crippen LogP contribution in [0.15, 0.2) is 30.3 Å². The molecule has 1 aromatic carbocycles. The fraction of sp³-hybridized carbons (Fsp3) is 0.607. The summed E-state index contributed by atoms with van der Waals surface area (Å²) in [6, 6.07) is 9.96. The van der Waals surface area contributed by atoms with Crippen LogP contribution in [0.25, 0.3) is 5.69 Å². The van der Waals surface area contributed by atoms with Crippen molar-refractivity contribution in [2.75, 3.05) is 32.1 Å². The molecule has 0 saturated heterocycles. The number of nitrogens with one attached hydrogen (secondary N) is 1. The Morgan fingerprint density at radius 1 is 1.20 bits per heavy atom. The predicted octanol–water partition coefficient (Wildman–Crippen LogP) is 5.25. The van der Waals surface area contributed by atoms with Crippen molar-refractivity contribution in [2.45, 2.75) is 78.1 Å². The first-order chi connectivity index (χ1) is 16.7. The minimum atomic E-state index is -0.217. The summed E-state index contributed by atoms with van der Waals surface area (Å²) in [5, 5.41) is 7.83. The van der Waals surface area contributed by atoms with Crippen molar-refractivity contribution in [3.8, 4) is 5.69 Å². The molecule has 3 rings (SSSR count). The Kier molecular flexibility index (Phi) is 9.49. The lowest BCUT2D eigenvalue weighted by molar-refractivity contribution is -0.135. The number of ether oxygens (including phenoxy) is 1. The van der Waals surface area contributed by atoms with Crippen molar-refractivity contribution in [2.24, 2.45) is 5.92 Å². The number of benzene rings is 1. The molecule has 0 radical (unpaired) electrons. The van der Waals surface area contributed by atoms with Crippen LogP contribution in [0, 0.1) is 12.8 Å². The summed E-state index contributed by atoms with van der Waals surface area (Å²) < 4.78 is 6.95. The molecule has 0 bridgehead atoms. The molecule has 0 aliphatic heterocycles. The van der Waals surface area contributed by atoms with Crippen LogP contribution in [0.3, 0.4) is 0 Å². The molecule has 1 N–H and O–H groups in total. The topological polar surface area (TPSA) is 76.5 Å². The van der Waals surface area contributed by atoms with Gasteiger partial charge in [-0.05, 0) is 43.4 Å². The first-order valence-electron chi connectivity index (χ1n) is 12.9. The number of carbonyl (C=O) groups is 2. The molecule has 1 aliphatic carbocycles. The van der Waals surface area contributed by atoms with Crippen LogP contribution in [0.1, 0.15) is 77.0 Å². The molecule has 0 atom stereocenters. The van der Waals surface area contributed by atoms with E-state index in [2.05, 4.69) is 26.1 Å². The highest BCUT2D eigenvalue weighted by Gasteiger charge is 2.24. The average molecular weight is 483 g/mol. The number of anilines is 1. The van der Waals surface area contributed by atoms with E-state index in [0.717, 1.165) is 23.4 Å². The number of hydrogen-bond donors (Lipinski definition) is 1. The summed E-state index contributed by atoms with van der Waals surface area (Å²) >= 11 is 0. The molecule has 0 spiro atoms. The Hall–Kier alpha value is -2.67. The maximum atomic E-state index is 13.2. The SMILES string of the molecule is COCCCN(CC(=O)Nc1cc(C(C)(C)C)nn1-c1cccc(C)c1)C(=O)CCC1CCCC1. The lowest BCUT2D eigenvalue weighted by Gasteiger charge is -2.23. The highest BCUT2D eigenvalue weighted by atomic mass is 16.5. The van der Waals surface area contributed by atoms with Crippen molar-refractivity contribution in [3.63, 3.8) is 0 Å². The van der Waals surface area contributed by atoms with Gasteiger partial charge in [-0.3, -0.25) is 9.59 Å². The number of hydrogen-bond acceptors (Lipinski definition) is 4. The Labute approximate surface area is 210 Å². The second-order valence-corrected chi connectivity index (χ2v) is 10.8. The van der Waals surface area contributed by atoms with Crippen LogP contribution in [0.5, 0.6) is 0 Å². The molecule has 1 aliphatic rings. The van der Waals surface area contributed by atoms with E-state index in [1.807, 2.05) is 37.3 Å². The zero-order valence-electron chi connectivity index (χ0n) is 22.1. The largest absolute Gasteiger partial charge is 0.385 e. The normalized spacial score (nSPS) is 14.3. The minimum Gasteiger partial charge on any atom is -0.385 e. The van der Waals surface area contributed by atoms with E-state index in [1.165, 1.54) is 25.7 Å². The fourth-order valence-electron chi connectivity index (χ4n) is 4.63. The number of amides is 2. The number of aromatic nitrogens is 2. The molecule has 1 aromatic heterocycles. The molecule has 1 saturated carbocycles. The van der Waals surface area contributed by atoms with Gasteiger partial charge in [-0.1, -0.05) is 58.6 Å². The van der Waals surface area contributed by atoms with E-state index >= 15 is 0 Å². The third-order valence-corrected chi connectivity index (χ3v) is 6.70. The monoisotopic (exact) mass is 482 g/mol. The van der Waals surface area contributed by atoms with E-state index in [0.29, 0.717) is 37.7 Å². The van der Waals surface area contributed by atoms with Gasteiger partial charge in [0.05, 0.1) is 17.9 Å². The van der Waals surface area contributed by atoms with Gasteiger partial charge in [-0.25, -0.2) is 4.68 Å². The van der Waals surface area contributed by atoms with Gasteiger partial charge < -0.3 is 15.0 Å². The fourth-order valence-corrected chi connectivity index (χ4v) is 4.63. The number of aryl methyl sites for hydroxylation is 1. The quantitative estimate of drug-likeness (QED) is 0.444. The first-order valence-corrected chi connectivity index (χ1v) is 12.9. The first kappa shape index (κ1) is 26.9. The van der Waals surface area contributed by atoms with E-state index < -0.39 is 0 Å². The number of rotatable bonds is 11. The van der Waals surface area contributed by atoms with Crippen molar-refractivity contribution < 1.29 is 14.3 Å². The summed E-state index contributed by atoms with van der Waals surface area (Å²) in [6.07, 6.45) is 7.09. The molecule has 2 amide bonds. The smallest absolute Gasteiger partial charge is 0.245 e. The Morgan fingerprint density at radius 2 is 1.94 bits per heavy atom. The van der Waals surface area contributed by atoms with E-state index in [1.54, 1.807) is 16.7 Å². The molecule has 0 unspecified atom stereocenters. The summed E-state index contributed by atoms with van der Waals surface area (Å²) in [5.74, 6) is 1.09. The maximum Gasteiger partial charge on any atom is 0.245 e. The molecule has 1 fully saturated rings. The number of carbonyl (C=O) groups excluding carboxylic acids is 2. The molecular weight excluding hydrogens is 440 g/mol. The lowest BCUT2D eigenvalue weighted by Crippen LogP contribution is -2.39. The van der Waals surface area contributed by atoms with Gasteiger partial charge in [-0.15, -0.1) is 0 Å². The van der Waals surface area contributed by atoms with Gasteiger partial charge in [0, 0.05) is 38.2 Å². The molecule has 7 nitrogen and oxygen atoms in total. The molecule has 7 heteroatoms. The van der Waals surface area contributed by atoms with Crippen molar-refractivity contribution in [3.05, 3.63) is 41.6 Å². The van der Waals surface area contributed by atoms with Crippen molar-refractivity contribution >= 4 is 17.6 Å². The molecule has 2 aromatic rings. The van der Waals surface area contributed by atoms with Crippen LogP contribution in [0.4, 0.5) is 5.82 Å². The van der Waals surface area contributed by atoms with Gasteiger partial charge in [0.1, 0.15) is 5.82 Å². The Bertz CT molecular complexity index is 986. The average Bonchev–Trinajstić information content (AvgIpc) is 3.47. The van der Waals surface area contributed by atoms with Gasteiger partial charge in [0.25, 0.3) is 0 Å². The van der Waals surface area contributed by atoms with Crippen LogP contribution in [0.2, 0.25) is 0 Å². The molecule has 1 heterocycles. The minimum absolute atomic E-state index is 0.0249. The summed E-state index contributed by atoms with van der Waals surface area (Å²) in [6.45, 7) is 9.42. The van der Waals surface area contributed by atoms with E-state index in [9.17, 15) is 9.59 Å². The standard InChI is InChI=1S/C28H42N4O3/c1-21-10-8-13-23(18-21)32-25(19-24(30-32)28(2,3)4)29-26(33)20-31(16-9-17-35-5)27(34)15-14-22-11-6-7-12-22/h8,10,13,18-19,22H,6-7,9,11-12,14-17,20H2,1-5H3,(H,29,33). The van der Waals surface area contributed by atoms with Crippen molar-refractivity contribution in [1.29, 1.82) is 0 Å². The zero-order valence-corrected chi connectivity index (χ0v) is 22.1. The Balaban J connectivity index is 1.73. The van der Waals surface area contributed by atoms with Gasteiger partial charge in [-0.2, -0.15) is 5.10 Å². The van der Waals surface area contributed by atoms with Crippen LogP contribution >= 0.6 is 0 Å². The van der Waals surface area contributed by atoms with Crippen LogP contribution < -0.4 is 5.32 Å². The summed E-state index contributed by atoms with van der Waals surface area (Å²) in [5.41, 5.74) is 2.72. The highest BCUT2D eigenvalue weighted by Crippen LogP contribution is 2.29. The predicted molar refractivity (Wildman–Crippen MR) is 140 cm³/mol. The van der Waals surface area contributed by atoms with E-state index in [4.69, 9.17) is 9.84 Å². The van der Waals surface area contributed by atoms with Crippen LogP contribution in [-0.2, 0) is 19.7 Å². The van der Waals surface area contributed by atoms with E-state index in [-0.39, 0.29) is 23.8 Å². The zero-order chi connectivity index (χ0) is 25.4. The number of nitrogens with zero attached hydrogens (tertiary/aromatic N) is 3.